The van der Waals surface area contributed by atoms with E-state index in [1.54, 1.807) is 0 Å². The van der Waals surface area contributed by atoms with Gasteiger partial charge in [-0.25, -0.2) is 0 Å². The van der Waals surface area contributed by atoms with E-state index >= 15 is 0 Å². The number of unbranched alkanes of at least 4 members (excludes halogenated alkanes) is 1. The summed E-state index contributed by atoms with van der Waals surface area (Å²) >= 11 is 0. The first kappa shape index (κ1) is 15.0. The van der Waals surface area contributed by atoms with E-state index in [-0.39, 0.29) is 0 Å². The van der Waals surface area contributed by atoms with Crippen LogP contribution in [0.1, 0.15) is 32.3 Å². The minimum Gasteiger partial charge on any atom is -0.491 e. The summed E-state index contributed by atoms with van der Waals surface area (Å²) in [6.45, 7) is 8.26. The molecule has 0 atom stereocenters. The average Bonchev–Trinajstić information content (AvgIpc) is 2.41. The van der Waals surface area contributed by atoms with Crippen LogP contribution in [0.2, 0.25) is 0 Å². The topological polar surface area (TPSA) is 30.5 Å². The maximum atomic E-state index is 5.65. The molecule has 0 spiro atoms. The first-order chi connectivity index (χ1) is 8.86. The largest absolute Gasteiger partial charge is 0.491 e. The Morgan fingerprint density at radius 1 is 1.11 bits per heavy atom. The normalized spacial score (nSPS) is 10.6. The van der Waals surface area contributed by atoms with Crippen molar-refractivity contribution in [2.24, 2.45) is 0 Å². The number of rotatable bonds is 10. The van der Waals surface area contributed by atoms with E-state index in [1.807, 2.05) is 12.1 Å². The predicted molar refractivity (Wildman–Crippen MR) is 75.0 cm³/mol. The Kier molecular flexibility index (Phi) is 8.26. The van der Waals surface area contributed by atoms with E-state index in [0.29, 0.717) is 13.2 Å². The van der Waals surface area contributed by atoms with Crippen LogP contribution in [-0.2, 0) is 11.3 Å². The lowest BCUT2D eigenvalue weighted by Crippen LogP contribution is -2.12. The molecule has 3 nitrogen and oxygen atoms in total. The molecule has 0 saturated carbocycles. The van der Waals surface area contributed by atoms with Crippen molar-refractivity contribution in [3.63, 3.8) is 0 Å². The summed E-state index contributed by atoms with van der Waals surface area (Å²) < 4.78 is 11.1. The van der Waals surface area contributed by atoms with Gasteiger partial charge in [-0.15, -0.1) is 0 Å². The zero-order valence-electron chi connectivity index (χ0n) is 11.6. The van der Waals surface area contributed by atoms with Crippen LogP contribution in [0.15, 0.2) is 24.3 Å². The second-order valence-corrected chi connectivity index (χ2v) is 4.24. The monoisotopic (exact) mass is 251 g/mol. The molecule has 1 aromatic carbocycles. The van der Waals surface area contributed by atoms with Gasteiger partial charge in [0.1, 0.15) is 12.4 Å². The van der Waals surface area contributed by atoms with Crippen molar-refractivity contribution in [3.8, 4) is 5.75 Å². The molecule has 3 heteroatoms. The van der Waals surface area contributed by atoms with Gasteiger partial charge in [0.05, 0.1) is 6.61 Å². The van der Waals surface area contributed by atoms with E-state index in [1.165, 1.54) is 12.0 Å². The lowest BCUT2D eigenvalue weighted by molar-refractivity contribution is 0.0980. The first-order valence-electron chi connectivity index (χ1n) is 6.87. The quantitative estimate of drug-likeness (QED) is 0.648. The van der Waals surface area contributed by atoms with Crippen molar-refractivity contribution in [1.82, 2.24) is 5.32 Å². The van der Waals surface area contributed by atoms with Crippen LogP contribution in [0.5, 0.6) is 5.75 Å². The molecular weight excluding hydrogens is 226 g/mol. The molecule has 1 aromatic rings. The summed E-state index contributed by atoms with van der Waals surface area (Å²) in [5.74, 6) is 0.921. The van der Waals surface area contributed by atoms with Gasteiger partial charge in [-0.1, -0.05) is 32.4 Å². The Morgan fingerprint density at radius 3 is 2.78 bits per heavy atom. The van der Waals surface area contributed by atoms with E-state index in [9.17, 15) is 0 Å². The number of hydrogen-bond acceptors (Lipinski definition) is 3. The predicted octanol–water partition coefficient (Wildman–Crippen LogP) is 2.99. The Hall–Kier alpha value is -1.06. The van der Waals surface area contributed by atoms with Crippen molar-refractivity contribution in [1.29, 1.82) is 0 Å². The summed E-state index contributed by atoms with van der Waals surface area (Å²) in [4.78, 5) is 0. The van der Waals surface area contributed by atoms with Gasteiger partial charge in [-0.3, -0.25) is 0 Å². The summed E-state index contributed by atoms with van der Waals surface area (Å²) in [5, 5.41) is 3.30. The third-order valence-corrected chi connectivity index (χ3v) is 2.62. The molecule has 1 rings (SSSR count). The summed E-state index contributed by atoms with van der Waals surface area (Å²) in [6.07, 6.45) is 2.30. The van der Waals surface area contributed by atoms with Crippen LogP contribution in [0, 0.1) is 0 Å². The van der Waals surface area contributed by atoms with E-state index in [4.69, 9.17) is 9.47 Å². The third-order valence-electron chi connectivity index (χ3n) is 2.62. The SMILES string of the molecule is CCCCOCCOc1cccc(CNCC)c1. The van der Waals surface area contributed by atoms with Gasteiger partial charge in [0.15, 0.2) is 0 Å². The van der Waals surface area contributed by atoms with Crippen LogP contribution < -0.4 is 10.1 Å². The second-order valence-electron chi connectivity index (χ2n) is 4.24. The minimum absolute atomic E-state index is 0.619. The third kappa shape index (κ3) is 6.62. The maximum absolute atomic E-state index is 5.65. The molecule has 0 saturated heterocycles. The lowest BCUT2D eigenvalue weighted by Gasteiger charge is -2.08. The summed E-state index contributed by atoms with van der Waals surface area (Å²) in [7, 11) is 0. The molecular formula is C15H25NO2. The molecule has 0 bridgehead atoms. The first-order valence-corrected chi connectivity index (χ1v) is 6.87. The molecule has 0 aromatic heterocycles. The standard InChI is InChI=1S/C15H25NO2/c1-3-5-9-17-10-11-18-15-8-6-7-14(12-15)13-16-4-2/h6-8,12,16H,3-5,9-11,13H2,1-2H3. The second kappa shape index (κ2) is 9.92. The van der Waals surface area contributed by atoms with Gasteiger partial charge in [-0.05, 0) is 30.7 Å². The number of nitrogens with one attached hydrogen (secondary N) is 1. The van der Waals surface area contributed by atoms with Crippen LogP contribution in [0.4, 0.5) is 0 Å². The Balaban J connectivity index is 2.20. The molecule has 0 amide bonds. The molecule has 0 unspecified atom stereocenters. The smallest absolute Gasteiger partial charge is 0.119 e. The zero-order chi connectivity index (χ0) is 13.1. The van der Waals surface area contributed by atoms with Crippen molar-refractivity contribution in [2.75, 3.05) is 26.4 Å². The molecule has 0 fully saturated rings. The van der Waals surface area contributed by atoms with Gasteiger partial charge in [0, 0.05) is 13.2 Å². The maximum Gasteiger partial charge on any atom is 0.119 e. The summed E-state index contributed by atoms with van der Waals surface area (Å²) in [6, 6.07) is 8.20. The highest BCUT2D eigenvalue weighted by Gasteiger charge is 1.97. The van der Waals surface area contributed by atoms with E-state index in [0.717, 1.165) is 31.9 Å². The molecule has 1 N–H and O–H groups in total. The van der Waals surface area contributed by atoms with Crippen LogP contribution in [-0.4, -0.2) is 26.4 Å². The van der Waals surface area contributed by atoms with Crippen LogP contribution in [0.25, 0.3) is 0 Å². The highest BCUT2D eigenvalue weighted by molar-refractivity contribution is 5.28. The molecule has 0 aliphatic heterocycles. The van der Waals surface area contributed by atoms with E-state index < -0.39 is 0 Å². The van der Waals surface area contributed by atoms with Crippen LogP contribution >= 0.6 is 0 Å². The zero-order valence-corrected chi connectivity index (χ0v) is 11.6. The molecule has 18 heavy (non-hydrogen) atoms. The Morgan fingerprint density at radius 2 is 2.00 bits per heavy atom. The number of ether oxygens (including phenoxy) is 2. The van der Waals surface area contributed by atoms with Gasteiger partial charge >= 0.3 is 0 Å². The number of hydrogen-bond donors (Lipinski definition) is 1. The van der Waals surface area contributed by atoms with Gasteiger partial charge < -0.3 is 14.8 Å². The minimum atomic E-state index is 0.619. The van der Waals surface area contributed by atoms with Crippen molar-refractivity contribution in [3.05, 3.63) is 29.8 Å². The molecule has 0 heterocycles. The van der Waals surface area contributed by atoms with Gasteiger partial charge in [0.2, 0.25) is 0 Å². The van der Waals surface area contributed by atoms with Crippen molar-refractivity contribution in [2.45, 2.75) is 33.2 Å². The fourth-order valence-electron chi connectivity index (χ4n) is 1.58. The van der Waals surface area contributed by atoms with Crippen molar-refractivity contribution < 1.29 is 9.47 Å². The average molecular weight is 251 g/mol. The fourth-order valence-corrected chi connectivity index (χ4v) is 1.58. The highest BCUT2D eigenvalue weighted by atomic mass is 16.5. The van der Waals surface area contributed by atoms with Crippen LogP contribution in [0.3, 0.4) is 0 Å². The lowest BCUT2D eigenvalue weighted by atomic mass is 10.2. The van der Waals surface area contributed by atoms with Gasteiger partial charge in [0.25, 0.3) is 0 Å². The fraction of sp³-hybridized carbons (Fsp3) is 0.600. The van der Waals surface area contributed by atoms with Gasteiger partial charge in [-0.2, -0.15) is 0 Å². The molecule has 0 aliphatic rings. The summed E-state index contributed by atoms with van der Waals surface area (Å²) in [5.41, 5.74) is 1.25. The molecule has 102 valence electrons. The van der Waals surface area contributed by atoms with E-state index in [2.05, 4.69) is 31.3 Å². The molecule has 0 radical (unpaired) electrons. The number of benzene rings is 1. The Bertz CT molecular complexity index is 315. The highest BCUT2D eigenvalue weighted by Crippen LogP contribution is 2.13. The van der Waals surface area contributed by atoms with Crippen molar-refractivity contribution >= 4 is 0 Å². The Labute approximate surface area is 110 Å². The molecule has 0 aliphatic carbocycles.